The van der Waals surface area contributed by atoms with E-state index in [1.54, 1.807) is 30.3 Å². The molecule has 0 N–H and O–H groups in total. The van der Waals surface area contributed by atoms with E-state index >= 15 is 0 Å². The summed E-state index contributed by atoms with van der Waals surface area (Å²) in [6.07, 6.45) is 4.88. The molecule has 0 amide bonds. The number of benzene rings is 2. The number of carbonyl (C=O) groups is 1. The Balaban J connectivity index is 1.92. The lowest BCUT2D eigenvalue weighted by atomic mass is 10.0. The van der Waals surface area contributed by atoms with Gasteiger partial charge in [0.1, 0.15) is 12.4 Å². The number of methoxy groups -OCH3 is 1. The molecule has 0 saturated heterocycles. The van der Waals surface area contributed by atoms with Crippen LogP contribution < -0.4 is 14.2 Å². The summed E-state index contributed by atoms with van der Waals surface area (Å²) in [5.41, 5.74) is 1.65. The van der Waals surface area contributed by atoms with Gasteiger partial charge in [0.2, 0.25) is 5.75 Å². The molecule has 0 aliphatic carbocycles. The summed E-state index contributed by atoms with van der Waals surface area (Å²) in [7, 11) is 1.50. The van der Waals surface area contributed by atoms with E-state index in [0.29, 0.717) is 27.8 Å². The second kappa shape index (κ2) is 11.7. The lowest BCUT2D eigenvalue weighted by molar-refractivity contribution is 0.0988. The third kappa shape index (κ3) is 6.24. The van der Waals surface area contributed by atoms with Gasteiger partial charge < -0.3 is 14.2 Å². The summed E-state index contributed by atoms with van der Waals surface area (Å²) in [6.45, 7) is 4.07. The lowest BCUT2D eigenvalue weighted by Crippen LogP contribution is -2.12. The molecule has 1 aromatic heterocycles. The van der Waals surface area contributed by atoms with Crippen molar-refractivity contribution in [3.63, 3.8) is 0 Å². The maximum Gasteiger partial charge on any atom is 0.204 e. The van der Waals surface area contributed by atoms with Gasteiger partial charge in [0.25, 0.3) is 0 Å². The fraction of sp³-hybridized carbons (Fsp3) is 0.200. The van der Waals surface area contributed by atoms with Crippen LogP contribution in [0.2, 0.25) is 10.0 Å². The number of carbonyl (C=O) groups excluding carboxylic acids is 1. The molecule has 0 unspecified atom stereocenters. The van der Waals surface area contributed by atoms with Gasteiger partial charge in [-0.2, -0.15) is 0 Å². The fourth-order valence-electron chi connectivity index (χ4n) is 3.13. The van der Waals surface area contributed by atoms with Crippen LogP contribution in [0.3, 0.4) is 0 Å². The van der Waals surface area contributed by atoms with E-state index in [-0.39, 0.29) is 48.3 Å². The zero-order valence-electron chi connectivity index (χ0n) is 17.9. The van der Waals surface area contributed by atoms with E-state index in [4.69, 9.17) is 37.4 Å². The van der Waals surface area contributed by atoms with E-state index in [1.165, 1.54) is 31.6 Å². The molecule has 172 valence electrons. The molecule has 0 saturated carbocycles. The minimum absolute atomic E-state index is 0.0538. The summed E-state index contributed by atoms with van der Waals surface area (Å²) >= 11 is 12.4. The maximum absolute atomic E-state index is 13.3. The molecule has 0 spiro atoms. The molecule has 1 heterocycles. The second-order valence-electron chi connectivity index (χ2n) is 6.98. The molecule has 0 aliphatic heterocycles. The number of Topliss-reactive ketones (excluding diaryl/α,β-unsaturated/α-hetero) is 1. The summed E-state index contributed by atoms with van der Waals surface area (Å²) in [5, 5.41) is 0.595. The van der Waals surface area contributed by atoms with Crippen LogP contribution >= 0.6 is 23.2 Å². The maximum atomic E-state index is 13.3. The Morgan fingerprint density at radius 2 is 1.76 bits per heavy atom. The van der Waals surface area contributed by atoms with Crippen molar-refractivity contribution < 1.29 is 23.4 Å². The number of halogens is 3. The Labute approximate surface area is 201 Å². The summed E-state index contributed by atoms with van der Waals surface area (Å²) < 4.78 is 30.4. The molecule has 0 atom stereocenters. The van der Waals surface area contributed by atoms with Gasteiger partial charge in [0.05, 0.1) is 29.3 Å². The van der Waals surface area contributed by atoms with Crippen molar-refractivity contribution in [2.45, 2.75) is 12.8 Å². The lowest BCUT2D eigenvalue weighted by Gasteiger charge is -2.18. The average Bonchev–Trinajstić information content (AvgIpc) is 2.81. The molecular weight excluding hydrogens is 468 g/mol. The molecule has 0 aliphatic rings. The van der Waals surface area contributed by atoms with Crippen molar-refractivity contribution in [1.29, 1.82) is 0 Å². The third-order valence-corrected chi connectivity index (χ3v) is 5.43. The Morgan fingerprint density at radius 3 is 2.39 bits per heavy atom. The molecule has 0 fully saturated rings. The highest BCUT2D eigenvalue weighted by atomic mass is 35.5. The molecule has 3 rings (SSSR count). The Morgan fingerprint density at radius 1 is 1.06 bits per heavy atom. The third-order valence-electron chi connectivity index (χ3n) is 4.78. The van der Waals surface area contributed by atoms with Crippen molar-refractivity contribution in [1.82, 2.24) is 4.98 Å². The highest BCUT2D eigenvalue weighted by molar-refractivity contribution is 6.36. The SMILES string of the molecule is C=CCOc1c(OC)ccc(C(=O)Cc2c(Cl)cncc2Cl)c1OCCc1ccc(F)cc1. The molecule has 33 heavy (non-hydrogen) atoms. The topological polar surface area (TPSA) is 57.7 Å². The summed E-state index contributed by atoms with van der Waals surface area (Å²) in [4.78, 5) is 17.2. The number of nitrogens with zero attached hydrogens (tertiary/aromatic N) is 1. The molecule has 3 aromatic rings. The van der Waals surface area contributed by atoms with Crippen LogP contribution in [0.15, 0.2) is 61.4 Å². The minimum atomic E-state index is -0.311. The normalized spacial score (nSPS) is 10.5. The fourth-order valence-corrected chi connectivity index (χ4v) is 3.63. The first-order valence-electron chi connectivity index (χ1n) is 10.1. The van der Waals surface area contributed by atoms with Gasteiger partial charge in [0.15, 0.2) is 17.3 Å². The van der Waals surface area contributed by atoms with E-state index in [2.05, 4.69) is 11.6 Å². The van der Waals surface area contributed by atoms with Gasteiger partial charge in [-0.25, -0.2) is 4.39 Å². The highest BCUT2D eigenvalue weighted by Gasteiger charge is 2.23. The Kier molecular flexibility index (Phi) is 8.69. The van der Waals surface area contributed by atoms with Crippen molar-refractivity contribution in [3.8, 4) is 17.2 Å². The van der Waals surface area contributed by atoms with Gasteiger partial charge in [-0.3, -0.25) is 9.78 Å². The predicted octanol–water partition coefficient (Wildman–Crippen LogP) is 6.15. The minimum Gasteiger partial charge on any atom is -0.493 e. The predicted molar refractivity (Wildman–Crippen MR) is 127 cm³/mol. The standard InChI is InChI=1S/C25H22Cl2FNO4/c1-3-11-32-25-23(31-2)9-8-18(22(30)13-19-20(26)14-29-15-21(19)27)24(25)33-12-10-16-4-6-17(28)7-5-16/h3-9,14-15H,1,10-13H2,2H3. The van der Waals surface area contributed by atoms with E-state index in [1.807, 2.05) is 0 Å². The first-order chi connectivity index (χ1) is 15.9. The van der Waals surface area contributed by atoms with Crippen molar-refractivity contribution >= 4 is 29.0 Å². The quantitative estimate of drug-likeness (QED) is 0.239. The number of pyridine rings is 1. The van der Waals surface area contributed by atoms with Crippen molar-refractivity contribution in [2.24, 2.45) is 0 Å². The molecule has 5 nitrogen and oxygen atoms in total. The van der Waals surface area contributed by atoms with Gasteiger partial charge in [-0.05, 0) is 29.8 Å². The highest BCUT2D eigenvalue weighted by Crippen LogP contribution is 2.41. The van der Waals surface area contributed by atoms with Crippen LogP contribution in [-0.4, -0.2) is 31.1 Å². The van der Waals surface area contributed by atoms with Crippen LogP contribution in [0, 0.1) is 5.82 Å². The molecular formula is C25H22Cl2FNO4. The van der Waals surface area contributed by atoms with Crippen LogP contribution in [0.4, 0.5) is 4.39 Å². The first-order valence-corrected chi connectivity index (χ1v) is 10.8. The average molecular weight is 490 g/mol. The summed E-state index contributed by atoms with van der Waals surface area (Å²) in [5.74, 6) is 0.353. The van der Waals surface area contributed by atoms with Crippen molar-refractivity contribution in [3.05, 3.63) is 94.0 Å². The van der Waals surface area contributed by atoms with E-state index in [0.717, 1.165) is 5.56 Å². The van der Waals surface area contributed by atoms with E-state index in [9.17, 15) is 9.18 Å². The number of aromatic nitrogens is 1. The Bertz CT molecular complexity index is 1120. The van der Waals surface area contributed by atoms with E-state index < -0.39 is 0 Å². The van der Waals surface area contributed by atoms with Gasteiger partial charge >= 0.3 is 0 Å². The largest absolute Gasteiger partial charge is 0.493 e. The zero-order valence-corrected chi connectivity index (χ0v) is 19.5. The summed E-state index contributed by atoms with van der Waals surface area (Å²) in [6, 6.07) is 9.37. The van der Waals surface area contributed by atoms with Gasteiger partial charge in [-0.1, -0.05) is 48.0 Å². The van der Waals surface area contributed by atoms with Crippen LogP contribution in [0.1, 0.15) is 21.5 Å². The number of hydrogen-bond acceptors (Lipinski definition) is 5. The number of ether oxygens (including phenoxy) is 3. The van der Waals surface area contributed by atoms with Crippen LogP contribution in [-0.2, 0) is 12.8 Å². The zero-order chi connectivity index (χ0) is 23.8. The second-order valence-corrected chi connectivity index (χ2v) is 7.79. The first kappa shape index (κ1) is 24.6. The monoisotopic (exact) mass is 489 g/mol. The molecule has 2 aromatic carbocycles. The molecule has 8 heteroatoms. The number of hydrogen-bond donors (Lipinski definition) is 0. The molecule has 0 bridgehead atoms. The van der Waals surface area contributed by atoms with Crippen molar-refractivity contribution in [2.75, 3.05) is 20.3 Å². The smallest absolute Gasteiger partial charge is 0.204 e. The van der Waals surface area contributed by atoms with Crippen LogP contribution in [0.5, 0.6) is 17.2 Å². The Hall–Kier alpha value is -3.09. The van der Waals surface area contributed by atoms with Crippen LogP contribution in [0.25, 0.3) is 0 Å². The number of ketones is 1. The van der Waals surface area contributed by atoms with Gasteiger partial charge in [-0.15, -0.1) is 0 Å². The molecule has 0 radical (unpaired) electrons. The number of rotatable bonds is 11. The van der Waals surface area contributed by atoms with Gasteiger partial charge in [0, 0.05) is 30.8 Å².